The molecule has 0 saturated heterocycles. The van der Waals surface area contributed by atoms with Gasteiger partial charge in [0.15, 0.2) is 5.69 Å². The lowest BCUT2D eigenvalue weighted by atomic mass is 9.67. The van der Waals surface area contributed by atoms with Crippen LogP contribution in [0.25, 0.3) is 70.9 Å². The van der Waals surface area contributed by atoms with E-state index in [1.54, 1.807) is 0 Å². The molecule has 10 aromatic carbocycles. The maximum Gasteiger partial charge on any atom is 0.187 e. The second-order valence-corrected chi connectivity index (χ2v) is 16.3. The van der Waals surface area contributed by atoms with Crippen LogP contribution in [0.2, 0.25) is 0 Å². The van der Waals surface area contributed by atoms with Crippen molar-refractivity contribution in [2.75, 3.05) is 4.90 Å². The standard InChI is InChI=1S/C60H38N2O/c1-61-45-30-34-47(35-31-45)62(48-36-37-51-50-19-10-12-22-56(50)60(57(51)38-48,43-14-4-2-5-15-43)44-16-6-3-7-17-44)46-32-28-41(29-33-46)40-24-26-42(27-25-40)54-39-55-52-20-11-13-23-58(52)63-59(55)53-21-9-8-18-49(53)54/h2-39H. The molecule has 294 valence electrons. The first-order chi connectivity index (χ1) is 31.2. The lowest BCUT2D eigenvalue weighted by Crippen LogP contribution is -2.28. The SMILES string of the molecule is [C-]#[N+]c1ccc(N(c2ccc(-c3ccc(-c4cc5c6ccccc6oc5c5ccccc45)cc3)cc2)c2ccc3c(c2)C(c2ccccc2)(c2ccccc2)c2ccccc2-3)cc1. The van der Waals surface area contributed by atoms with Gasteiger partial charge < -0.3 is 9.32 Å². The van der Waals surface area contributed by atoms with Crippen LogP contribution >= 0.6 is 0 Å². The molecular formula is C60H38N2O. The topological polar surface area (TPSA) is 20.7 Å². The predicted molar refractivity (Wildman–Crippen MR) is 260 cm³/mol. The minimum absolute atomic E-state index is 0.523. The molecule has 1 aliphatic carbocycles. The fourth-order valence-electron chi connectivity index (χ4n) is 10.1. The van der Waals surface area contributed by atoms with Crippen molar-refractivity contribution in [3.63, 3.8) is 0 Å². The van der Waals surface area contributed by atoms with Crippen LogP contribution in [0, 0.1) is 6.57 Å². The van der Waals surface area contributed by atoms with Crippen LogP contribution in [0.5, 0.6) is 0 Å². The van der Waals surface area contributed by atoms with Crippen molar-refractivity contribution in [3.8, 4) is 33.4 Å². The summed E-state index contributed by atoms with van der Waals surface area (Å²) in [7, 11) is 0. The molecule has 0 spiro atoms. The molecule has 0 atom stereocenters. The van der Waals surface area contributed by atoms with Gasteiger partial charge in [0.25, 0.3) is 0 Å². The summed E-state index contributed by atoms with van der Waals surface area (Å²) in [5.74, 6) is 0. The molecule has 0 bridgehead atoms. The normalized spacial score (nSPS) is 12.6. The molecule has 1 aliphatic rings. The van der Waals surface area contributed by atoms with E-state index in [1.165, 1.54) is 44.3 Å². The Morgan fingerprint density at radius 1 is 0.381 bits per heavy atom. The molecule has 12 rings (SSSR count). The van der Waals surface area contributed by atoms with E-state index in [1.807, 2.05) is 24.3 Å². The van der Waals surface area contributed by atoms with Crippen molar-refractivity contribution < 1.29 is 4.42 Å². The van der Waals surface area contributed by atoms with Gasteiger partial charge in [0, 0.05) is 33.2 Å². The maximum absolute atomic E-state index is 7.67. The summed E-state index contributed by atoms with van der Waals surface area (Å²) >= 11 is 0. The average Bonchev–Trinajstić information content (AvgIpc) is 3.89. The summed E-state index contributed by atoms with van der Waals surface area (Å²) in [5.41, 5.74) is 17.1. The molecule has 1 aromatic heterocycles. The number of benzene rings is 10. The highest BCUT2D eigenvalue weighted by Gasteiger charge is 2.46. The van der Waals surface area contributed by atoms with Crippen LogP contribution in [0.4, 0.5) is 22.7 Å². The highest BCUT2D eigenvalue weighted by molar-refractivity contribution is 6.19. The van der Waals surface area contributed by atoms with Gasteiger partial charge in [0.05, 0.1) is 12.0 Å². The number of hydrogen-bond acceptors (Lipinski definition) is 2. The fraction of sp³-hybridized carbons (Fsp3) is 0.0167. The van der Waals surface area contributed by atoms with Gasteiger partial charge >= 0.3 is 0 Å². The van der Waals surface area contributed by atoms with Crippen LogP contribution in [0.15, 0.2) is 235 Å². The van der Waals surface area contributed by atoms with Gasteiger partial charge in [-0.25, -0.2) is 4.85 Å². The molecule has 63 heavy (non-hydrogen) atoms. The highest BCUT2D eigenvalue weighted by Crippen LogP contribution is 2.57. The van der Waals surface area contributed by atoms with Gasteiger partial charge in [-0.1, -0.05) is 182 Å². The number of hydrogen-bond donors (Lipinski definition) is 0. The Bertz CT molecular complexity index is 3510. The Morgan fingerprint density at radius 2 is 0.905 bits per heavy atom. The van der Waals surface area contributed by atoms with Crippen LogP contribution in [0.3, 0.4) is 0 Å². The van der Waals surface area contributed by atoms with Crippen molar-refractivity contribution >= 4 is 55.5 Å². The van der Waals surface area contributed by atoms with E-state index < -0.39 is 5.41 Å². The smallest absolute Gasteiger partial charge is 0.187 e. The number of para-hydroxylation sites is 1. The maximum atomic E-state index is 7.67. The second kappa shape index (κ2) is 14.6. The quantitative estimate of drug-likeness (QED) is 0.150. The lowest BCUT2D eigenvalue weighted by molar-refractivity contribution is 0.672. The molecule has 0 radical (unpaired) electrons. The molecule has 3 heteroatoms. The Labute approximate surface area is 366 Å². The van der Waals surface area contributed by atoms with E-state index in [0.717, 1.165) is 61.1 Å². The Kier molecular flexibility index (Phi) is 8.45. The van der Waals surface area contributed by atoms with E-state index in [4.69, 9.17) is 11.0 Å². The molecule has 3 nitrogen and oxygen atoms in total. The summed E-state index contributed by atoms with van der Waals surface area (Å²) in [5, 5.41) is 4.55. The van der Waals surface area contributed by atoms with Gasteiger partial charge in [-0.15, -0.1) is 0 Å². The molecule has 0 saturated carbocycles. The third-order valence-electron chi connectivity index (χ3n) is 13.0. The van der Waals surface area contributed by atoms with Crippen LogP contribution in [-0.2, 0) is 5.41 Å². The number of furan rings is 1. The first-order valence-electron chi connectivity index (χ1n) is 21.4. The molecule has 0 amide bonds. The minimum atomic E-state index is -0.523. The van der Waals surface area contributed by atoms with Gasteiger partial charge in [0.2, 0.25) is 0 Å². The Balaban J connectivity index is 0.959. The van der Waals surface area contributed by atoms with E-state index in [2.05, 4.69) is 216 Å². The summed E-state index contributed by atoms with van der Waals surface area (Å²) < 4.78 is 6.39. The van der Waals surface area contributed by atoms with Crippen molar-refractivity contribution in [2.45, 2.75) is 5.41 Å². The zero-order chi connectivity index (χ0) is 41.9. The largest absolute Gasteiger partial charge is 0.455 e. The van der Waals surface area contributed by atoms with E-state index in [9.17, 15) is 0 Å². The zero-order valence-corrected chi connectivity index (χ0v) is 34.2. The van der Waals surface area contributed by atoms with Crippen LogP contribution < -0.4 is 4.90 Å². The van der Waals surface area contributed by atoms with Gasteiger partial charge in [0.1, 0.15) is 11.2 Å². The summed E-state index contributed by atoms with van der Waals surface area (Å²) in [6.45, 7) is 7.67. The first kappa shape index (κ1) is 36.4. The van der Waals surface area contributed by atoms with Crippen LogP contribution in [0.1, 0.15) is 22.3 Å². The van der Waals surface area contributed by atoms with Gasteiger partial charge in [-0.05, 0) is 110 Å². The molecule has 0 N–H and O–H groups in total. The fourth-order valence-corrected chi connectivity index (χ4v) is 10.1. The monoisotopic (exact) mass is 802 g/mol. The summed E-state index contributed by atoms with van der Waals surface area (Å²) in [4.78, 5) is 6.02. The van der Waals surface area contributed by atoms with Crippen LogP contribution in [-0.4, -0.2) is 0 Å². The number of fused-ring (bicyclic) bond motifs is 8. The van der Waals surface area contributed by atoms with Crippen molar-refractivity contribution in [1.29, 1.82) is 0 Å². The molecular weight excluding hydrogens is 765 g/mol. The molecule has 11 aromatic rings. The Morgan fingerprint density at radius 3 is 1.59 bits per heavy atom. The summed E-state index contributed by atoms with van der Waals surface area (Å²) in [6, 6.07) is 82.4. The second-order valence-electron chi connectivity index (χ2n) is 16.3. The highest BCUT2D eigenvalue weighted by atomic mass is 16.3. The van der Waals surface area contributed by atoms with E-state index in [0.29, 0.717) is 5.69 Å². The lowest BCUT2D eigenvalue weighted by Gasteiger charge is -2.35. The molecule has 1 heterocycles. The third kappa shape index (κ3) is 5.73. The third-order valence-corrected chi connectivity index (χ3v) is 13.0. The Hall–Kier alpha value is -8.45. The average molecular weight is 803 g/mol. The molecule has 0 aliphatic heterocycles. The van der Waals surface area contributed by atoms with Crippen molar-refractivity contribution in [2.24, 2.45) is 0 Å². The molecule has 0 fully saturated rings. The zero-order valence-electron chi connectivity index (χ0n) is 34.2. The van der Waals surface area contributed by atoms with Gasteiger partial charge in [-0.2, -0.15) is 0 Å². The number of rotatable bonds is 7. The number of nitrogens with zero attached hydrogens (tertiary/aromatic N) is 2. The summed E-state index contributed by atoms with van der Waals surface area (Å²) in [6.07, 6.45) is 0. The van der Waals surface area contributed by atoms with E-state index in [-0.39, 0.29) is 0 Å². The van der Waals surface area contributed by atoms with Crippen molar-refractivity contribution in [1.82, 2.24) is 0 Å². The predicted octanol–water partition coefficient (Wildman–Crippen LogP) is 16.5. The number of anilines is 3. The van der Waals surface area contributed by atoms with E-state index >= 15 is 0 Å². The molecule has 0 unspecified atom stereocenters. The van der Waals surface area contributed by atoms with Gasteiger partial charge in [-0.3, -0.25) is 0 Å². The first-order valence-corrected chi connectivity index (χ1v) is 21.4. The minimum Gasteiger partial charge on any atom is -0.455 e. The van der Waals surface area contributed by atoms with Crippen molar-refractivity contribution in [3.05, 3.63) is 264 Å².